The second-order valence-electron chi connectivity index (χ2n) is 5.60. The van der Waals surface area contributed by atoms with E-state index >= 15 is 0 Å². The second kappa shape index (κ2) is 9.07. The van der Waals surface area contributed by atoms with Gasteiger partial charge >= 0.3 is 6.18 Å². The van der Waals surface area contributed by atoms with Crippen LogP contribution in [-0.2, 0) is 23.5 Å². The fourth-order valence-corrected chi connectivity index (χ4v) is 3.86. The van der Waals surface area contributed by atoms with E-state index in [9.17, 15) is 27.0 Å². The van der Waals surface area contributed by atoms with Gasteiger partial charge < -0.3 is 5.32 Å². The predicted octanol–water partition coefficient (Wildman–Crippen LogP) is 4.88. The lowest BCUT2D eigenvalue weighted by Crippen LogP contribution is -2.24. The second-order valence-corrected chi connectivity index (χ2v) is 8.16. The van der Waals surface area contributed by atoms with Gasteiger partial charge in [-0.15, -0.1) is 0 Å². The molecule has 4 nitrogen and oxygen atoms in total. The summed E-state index contributed by atoms with van der Waals surface area (Å²) in [6.45, 7) is 1.62. The predicted molar refractivity (Wildman–Crippen MR) is 101 cm³/mol. The summed E-state index contributed by atoms with van der Waals surface area (Å²) < 4.78 is 51.5. The van der Waals surface area contributed by atoms with Gasteiger partial charge in [-0.3, -0.25) is 13.8 Å². The Kier molecular flexibility index (Phi) is 7.25. The van der Waals surface area contributed by atoms with Crippen LogP contribution in [0.1, 0.15) is 38.8 Å². The third-order valence-corrected chi connectivity index (χ3v) is 5.75. The average molecular weight is 452 g/mol. The molecule has 1 atom stereocenters. The lowest BCUT2D eigenvalue weighted by Gasteiger charge is -2.14. The van der Waals surface area contributed by atoms with Crippen molar-refractivity contribution < 1.29 is 27.0 Å². The highest BCUT2D eigenvalue weighted by molar-refractivity contribution is 7.85. The minimum Gasteiger partial charge on any atom is -0.348 e. The van der Waals surface area contributed by atoms with Crippen LogP contribution in [0.15, 0.2) is 35.2 Å². The number of hydrogen-bond donors (Lipinski definition) is 1. The number of benzene rings is 2. The van der Waals surface area contributed by atoms with Crippen LogP contribution in [-0.4, -0.2) is 22.2 Å². The SMILES string of the molecule is CCS(=O)c1ccc(Cl)cc1CNC(=O)c1cc(Cl)c(C=O)c(C(F)(F)F)c1. The normalized spacial score (nSPS) is 12.5. The first-order chi connectivity index (χ1) is 13.1. The maximum atomic E-state index is 13.1. The minimum atomic E-state index is -4.85. The first-order valence-electron chi connectivity index (χ1n) is 7.89. The van der Waals surface area contributed by atoms with E-state index in [1.165, 1.54) is 6.07 Å². The van der Waals surface area contributed by atoms with Crippen molar-refractivity contribution in [3.05, 3.63) is 62.6 Å². The molecule has 0 aliphatic heterocycles. The smallest absolute Gasteiger partial charge is 0.348 e. The summed E-state index contributed by atoms with van der Waals surface area (Å²) in [5, 5.41) is 2.34. The van der Waals surface area contributed by atoms with Crippen molar-refractivity contribution in [2.45, 2.75) is 24.5 Å². The van der Waals surface area contributed by atoms with Crippen molar-refractivity contribution in [1.82, 2.24) is 5.32 Å². The summed E-state index contributed by atoms with van der Waals surface area (Å²) in [4.78, 5) is 23.7. The number of aldehydes is 1. The number of nitrogens with one attached hydrogen (secondary N) is 1. The molecule has 0 saturated heterocycles. The van der Waals surface area contributed by atoms with E-state index in [1.54, 1.807) is 19.1 Å². The maximum Gasteiger partial charge on any atom is 0.417 e. The highest BCUT2D eigenvalue weighted by Gasteiger charge is 2.35. The van der Waals surface area contributed by atoms with Gasteiger partial charge in [0, 0.05) is 33.3 Å². The molecular formula is C18H14Cl2F3NO3S. The van der Waals surface area contributed by atoms with E-state index < -0.39 is 39.0 Å². The summed E-state index contributed by atoms with van der Waals surface area (Å²) in [7, 11) is -1.31. The molecule has 2 rings (SSSR count). The molecule has 0 aliphatic rings. The zero-order chi connectivity index (χ0) is 21.1. The Morgan fingerprint density at radius 3 is 2.46 bits per heavy atom. The Morgan fingerprint density at radius 1 is 1.21 bits per heavy atom. The van der Waals surface area contributed by atoms with Gasteiger partial charge in [-0.1, -0.05) is 30.1 Å². The van der Waals surface area contributed by atoms with E-state index in [0.29, 0.717) is 27.3 Å². The largest absolute Gasteiger partial charge is 0.417 e. The molecular weight excluding hydrogens is 438 g/mol. The third-order valence-electron chi connectivity index (χ3n) is 3.78. The summed E-state index contributed by atoms with van der Waals surface area (Å²) in [6.07, 6.45) is -4.86. The van der Waals surface area contributed by atoms with Gasteiger partial charge in [0.1, 0.15) is 0 Å². The first kappa shape index (κ1) is 22.4. The maximum absolute atomic E-state index is 13.1. The van der Waals surface area contributed by atoms with Gasteiger partial charge in [0.25, 0.3) is 5.91 Å². The Balaban J connectivity index is 2.32. The lowest BCUT2D eigenvalue weighted by molar-refractivity contribution is -0.137. The summed E-state index contributed by atoms with van der Waals surface area (Å²) >= 11 is 11.7. The van der Waals surface area contributed by atoms with Crippen molar-refractivity contribution in [3.63, 3.8) is 0 Å². The zero-order valence-electron chi connectivity index (χ0n) is 14.4. The molecule has 1 amide bonds. The van der Waals surface area contributed by atoms with Crippen molar-refractivity contribution in [3.8, 4) is 0 Å². The molecule has 0 aromatic heterocycles. The average Bonchev–Trinajstić information content (AvgIpc) is 2.64. The zero-order valence-corrected chi connectivity index (χ0v) is 16.7. The number of rotatable bonds is 6. The van der Waals surface area contributed by atoms with Gasteiger partial charge in [-0.05, 0) is 35.9 Å². The van der Waals surface area contributed by atoms with Crippen LogP contribution >= 0.6 is 23.2 Å². The standard InChI is InChI=1S/C18H14Cl2F3NO3S/c1-2-28(27)16-4-3-12(19)5-11(16)8-24-17(26)10-6-14(18(21,22)23)13(9-25)15(20)7-10/h3-7,9H,2,8H2,1H3,(H,24,26). The quantitative estimate of drug-likeness (QED) is 0.636. The number of alkyl halides is 3. The molecule has 0 radical (unpaired) electrons. The molecule has 0 saturated carbocycles. The van der Waals surface area contributed by atoms with E-state index in [1.807, 2.05) is 0 Å². The van der Waals surface area contributed by atoms with Gasteiger partial charge in [-0.2, -0.15) is 13.2 Å². The summed E-state index contributed by atoms with van der Waals surface area (Å²) in [5.74, 6) is -0.488. The van der Waals surface area contributed by atoms with Crippen LogP contribution in [0.4, 0.5) is 13.2 Å². The van der Waals surface area contributed by atoms with E-state index in [4.69, 9.17) is 23.2 Å². The van der Waals surface area contributed by atoms with Crippen molar-refractivity contribution in [2.24, 2.45) is 0 Å². The Hall–Kier alpha value is -1.90. The molecule has 2 aromatic carbocycles. The highest BCUT2D eigenvalue weighted by atomic mass is 35.5. The van der Waals surface area contributed by atoms with Gasteiger partial charge in [0.15, 0.2) is 6.29 Å². The van der Waals surface area contributed by atoms with Crippen molar-refractivity contribution in [1.29, 1.82) is 0 Å². The molecule has 0 aliphatic carbocycles. The molecule has 0 spiro atoms. The van der Waals surface area contributed by atoms with Crippen LogP contribution in [0.2, 0.25) is 10.0 Å². The first-order valence-corrected chi connectivity index (χ1v) is 9.96. The fourth-order valence-electron chi connectivity index (χ4n) is 2.44. The van der Waals surface area contributed by atoms with Crippen LogP contribution in [0.3, 0.4) is 0 Å². The minimum absolute atomic E-state index is 0.00878. The molecule has 0 bridgehead atoms. The number of hydrogen-bond acceptors (Lipinski definition) is 3. The molecule has 1 unspecified atom stereocenters. The van der Waals surface area contributed by atoms with Crippen molar-refractivity contribution in [2.75, 3.05) is 5.75 Å². The molecule has 0 heterocycles. The van der Waals surface area contributed by atoms with Crippen LogP contribution in [0.25, 0.3) is 0 Å². The van der Waals surface area contributed by atoms with Gasteiger partial charge in [-0.25, -0.2) is 0 Å². The van der Waals surface area contributed by atoms with Crippen molar-refractivity contribution >= 4 is 46.2 Å². The monoisotopic (exact) mass is 451 g/mol. The van der Waals surface area contributed by atoms with Crippen LogP contribution < -0.4 is 5.32 Å². The van der Waals surface area contributed by atoms with Gasteiger partial charge in [0.05, 0.1) is 21.4 Å². The number of carbonyl (C=O) groups excluding carboxylic acids is 2. The fraction of sp³-hybridized carbons (Fsp3) is 0.222. The lowest BCUT2D eigenvalue weighted by atomic mass is 10.0. The number of amides is 1. The molecule has 10 heteroatoms. The Morgan fingerprint density at radius 2 is 1.89 bits per heavy atom. The van der Waals surface area contributed by atoms with Crippen LogP contribution in [0.5, 0.6) is 0 Å². The summed E-state index contributed by atoms with van der Waals surface area (Å²) in [6, 6.07) is 6.20. The molecule has 28 heavy (non-hydrogen) atoms. The Labute approximate surface area is 171 Å². The van der Waals surface area contributed by atoms with E-state index in [-0.39, 0.29) is 18.4 Å². The van der Waals surface area contributed by atoms with Crippen LogP contribution in [0, 0.1) is 0 Å². The molecule has 0 fully saturated rings. The topological polar surface area (TPSA) is 63.2 Å². The van der Waals surface area contributed by atoms with E-state index in [0.717, 1.165) is 6.07 Å². The number of carbonyl (C=O) groups is 2. The highest BCUT2D eigenvalue weighted by Crippen LogP contribution is 2.35. The molecule has 1 N–H and O–H groups in total. The molecule has 150 valence electrons. The van der Waals surface area contributed by atoms with E-state index in [2.05, 4.69) is 5.32 Å². The molecule has 2 aromatic rings. The Bertz CT molecular complexity index is 948. The number of halogens is 5. The summed E-state index contributed by atoms with van der Waals surface area (Å²) in [5.41, 5.74) is -1.91. The third kappa shape index (κ3) is 5.12. The van der Waals surface area contributed by atoms with Gasteiger partial charge in [0.2, 0.25) is 0 Å².